The Morgan fingerprint density at radius 3 is 2.41 bits per heavy atom. The zero-order chi connectivity index (χ0) is 19.4. The molecule has 3 rings (SSSR count). The van der Waals surface area contributed by atoms with E-state index in [1.54, 1.807) is 18.1 Å². The van der Waals surface area contributed by atoms with E-state index in [9.17, 15) is 0 Å². The summed E-state index contributed by atoms with van der Waals surface area (Å²) in [5.41, 5.74) is 2.18. The van der Waals surface area contributed by atoms with Crippen LogP contribution in [0.5, 0.6) is 5.75 Å². The quantitative estimate of drug-likeness (QED) is 0.625. The first-order valence-corrected chi connectivity index (χ1v) is 9.39. The van der Waals surface area contributed by atoms with Crippen molar-refractivity contribution in [3.63, 3.8) is 0 Å². The minimum absolute atomic E-state index is 0.0503. The van der Waals surface area contributed by atoms with Crippen molar-refractivity contribution >= 4 is 12.2 Å². The van der Waals surface area contributed by atoms with Gasteiger partial charge in [-0.15, -0.1) is 0 Å². The van der Waals surface area contributed by atoms with E-state index in [-0.39, 0.29) is 11.5 Å². The van der Waals surface area contributed by atoms with Gasteiger partial charge in [-0.2, -0.15) is 5.10 Å². The van der Waals surface area contributed by atoms with E-state index in [1.165, 1.54) is 5.56 Å². The molecule has 1 atom stereocenters. The van der Waals surface area contributed by atoms with Crippen LogP contribution in [0.1, 0.15) is 32.4 Å². The molecule has 27 heavy (non-hydrogen) atoms. The van der Waals surface area contributed by atoms with Crippen molar-refractivity contribution in [2.24, 2.45) is 5.41 Å². The number of ether oxygens (including phenoxy) is 1. The molecular formula is C21H26N4OS. The zero-order valence-corrected chi connectivity index (χ0v) is 17.0. The van der Waals surface area contributed by atoms with E-state index >= 15 is 0 Å². The van der Waals surface area contributed by atoms with Crippen molar-refractivity contribution in [1.29, 1.82) is 0 Å². The Hall–Kier alpha value is -2.44. The first-order valence-electron chi connectivity index (χ1n) is 8.98. The van der Waals surface area contributed by atoms with Crippen molar-refractivity contribution in [3.05, 3.63) is 71.3 Å². The second kappa shape index (κ2) is 8.06. The molecule has 2 aromatic carbocycles. The summed E-state index contributed by atoms with van der Waals surface area (Å²) in [7, 11) is 1.65. The molecule has 1 aromatic heterocycles. The van der Waals surface area contributed by atoms with Gasteiger partial charge in [0.05, 0.1) is 19.5 Å². The summed E-state index contributed by atoms with van der Waals surface area (Å²) in [5, 5.41) is 8.09. The van der Waals surface area contributed by atoms with Crippen LogP contribution in [0.2, 0.25) is 0 Å². The number of methoxy groups -OCH3 is 1. The highest BCUT2D eigenvalue weighted by atomic mass is 32.1. The molecule has 0 bridgehead atoms. The van der Waals surface area contributed by atoms with E-state index in [0.29, 0.717) is 11.4 Å². The summed E-state index contributed by atoms with van der Waals surface area (Å²) in [6.07, 6.45) is 1.73. The second-order valence-electron chi connectivity index (χ2n) is 7.53. The molecule has 0 aliphatic heterocycles. The molecule has 0 saturated carbocycles. The Bertz CT molecular complexity index is 941. The Balaban J connectivity index is 1.84. The van der Waals surface area contributed by atoms with Crippen LogP contribution in [0.25, 0.3) is 5.69 Å². The molecule has 0 spiro atoms. The smallest absolute Gasteiger partial charge is 0.203 e. The summed E-state index contributed by atoms with van der Waals surface area (Å²) < 4.78 is 9.72. The normalized spacial score (nSPS) is 12.7. The Kier molecular flexibility index (Phi) is 5.77. The van der Waals surface area contributed by atoms with Crippen molar-refractivity contribution in [3.8, 4) is 11.4 Å². The lowest BCUT2D eigenvalue weighted by molar-refractivity contribution is 0.251. The lowest BCUT2D eigenvalue weighted by Crippen LogP contribution is -2.34. The highest BCUT2D eigenvalue weighted by molar-refractivity contribution is 7.71. The van der Waals surface area contributed by atoms with Crippen LogP contribution in [-0.2, 0) is 6.67 Å². The van der Waals surface area contributed by atoms with Gasteiger partial charge in [0.15, 0.2) is 0 Å². The second-order valence-corrected chi connectivity index (χ2v) is 7.89. The first-order chi connectivity index (χ1) is 12.9. The standard InChI is InChI=1S/C21H26N4OS/c1-21(2,3)19(16-10-6-5-7-11-16)22-14-25-20(27)24(15-23-25)17-12-8-9-13-18(17)26-4/h5-13,15,19,22H,14H2,1-4H3. The van der Waals surface area contributed by atoms with Gasteiger partial charge in [-0.3, -0.25) is 9.88 Å². The van der Waals surface area contributed by atoms with Gasteiger partial charge in [-0.05, 0) is 35.3 Å². The van der Waals surface area contributed by atoms with Crippen molar-refractivity contribution < 1.29 is 4.74 Å². The highest BCUT2D eigenvalue weighted by Gasteiger charge is 2.25. The van der Waals surface area contributed by atoms with Crippen LogP contribution in [0.15, 0.2) is 60.9 Å². The fraction of sp³-hybridized carbons (Fsp3) is 0.333. The molecule has 0 aliphatic carbocycles. The third-order valence-electron chi connectivity index (χ3n) is 4.52. The third-order valence-corrected chi connectivity index (χ3v) is 4.93. The molecule has 1 heterocycles. The Labute approximate surface area is 165 Å². The maximum absolute atomic E-state index is 5.64. The van der Waals surface area contributed by atoms with E-state index in [2.05, 4.69) is 55.5 Å². The maximum atomic E-state index is 5.64. The van der Waals surface area contributed by atoms with Gasteiger partial charge in [-0.25, -0.2) is 4.68 Å². The molecule has 0 aliphatic rings. The molecule has 0 amide bonds. The zero-order valence-electron chi connectivity index (χ0n) is 16.2. The Morgan fingerprint density at radius 1 is 1.07 bits per heavy atom. The summed E-state index contributed by atoms with van der Waals surface area (Å²) in [5.74, 6) is 0.762. The van der Waals surface area contributed by atoms with E-state index in [1.807, 2.05) is 34.9 Å². The minimum atomic E-state index is 0.0503. The molecule has 0 radical (unpaired) electrons. The summed E-state index contributed by atoms with van der Waals surface area (Å²) in [4.78, 5) is 0. The molecular weight excluding hydrogens is 356 g/mol. The number of benzene rings is 2. The number of hydrogen-bond donors (Lipinski definition) is 1. The van der Waals surface area contributed by atoms with Crippen molar-refractivity contribution in [2.75, 3.05) is 7.11 Å². The van der Waals surface area contributed by atoms with Crippen LogP contribution in [-0.4, -0.2) is 21.5 Å². The average molecular weight is 383 g/mol. The van der Waals surface area contributed by atoms with Gasteiger partial charge < -0.3 is 4.74 Å². The van der Waals surface area contributed by atoms with Gasteiger partial charge in [0.1, 0.15) is 12.1 Å². The van der Waals surface area contributed by atoms with Gasteiger partial charge in [0.25, 0.3) is 0 Å². The molecule has 142 valence electrons. The van der Waals surface area contributed by atoms with E-state index in [0.717, 1.165) is 11.4 Å². The molecule has 6 heteroatoms. The predicted molar refractivity (Wildman–Crippen MR) is 111 cm³/mol. The topological polar surface area (TPSA) is 44.0 Å². The van der Waals surface area contributed by atoms with Gasteiger partial charge in [0, 0.05) is 6.04 Å². The van der Waals surface area contributed by atoms with Crippen LogP contribution in [0.4, 0.5) is 0 Å². The number of nitrogens with one attached hydrogen (secondary N) is 1. The SMILES string of the molecule is COc1ccccc1-n1cnn(CNC(c2ccccc2)C(C)(C)C)c1=S. The number of rotatable bonds is 6. The lowest BCUT2D eigenvalue weighted by atomic mass is 9.82. The molecule has 5 nitrogen and oxygen atoms in total. The van der Waals surface area contributed by atoms with Crippen molar-refractivity contribution in [1.82, 2.24) is 19.7 Å². The van der Waals surface area contributed by atoms with E-state index < -0.39 is 0 Å². The van der Waals surface area contributed by atoms with Crippen LogP contribution >= 0.6 is 12.2 Å². The molecule has 0 fully saturated rings. The fourth-order valence-electron chi connectivity index (χ4n) is 3.19. The fourth-order valence-corrected chi connectivity index (χ4v) is 3.44. The molecule has 1 unspecified atom stereocenters. The monoisotopic (exact) mass is 382 g/mol. The van der Waals surface area contributed by atoms with Crippen LogP contribution in [0.3, 0.4) is 0 Å². The summed E-state index contributed by atoms with van der Waals surface area (Å²) >= 11 is 5.64. The van der Waals surface area contributed by atoms with Crippen LogP contribution in [0, 0.1) is 10.2 Å². The van der Waals surface area contributed by atoms with Crippen molar-refractivity contribution in [2.45, 2.75) is 33.5 Å². The third kappa shape index (κ3) is 4.28. The summed E-state index contributed by atoms with van der Waals surface area (Å²) in [6, 6.07) is 18.4. The largest absolute Gasteiger partial charge is 0.495 e. The van der Waals surface area contributed by atoms with Gasteiger partial charge >= 0.3 is 0 Å². The molecule has 1 N–H and O–H groups in total. The van der Waals surface area contributed by atoms with Gasteiger partial charge in [-0.1, -0.05) is 63.2 Å². The predicted octanol–water partition coefficient (Wildman–Crippen LogP) is 4.75. The van der Waals surface area contributed by atoms with E-state index in [4.69, 9.17) is 17.0 Å². The average Bonchev–Trinajstić information content (AvgIpc) is 3.02. The maximum Gasteiger partial charge on any atom is 0.203 e. The Morgan fingerprint density at radius 2 is 1.74 bits per heavy atom. The summed E-state index contributed by atoms with van der Waals surface area (Å²) in [6.45, 7) is 7.21. The van der Waals surface area contributed by atoms with Gasteiger partial charge in [0.2, 0.25) is 4.77 Å². The molecule has 0 saturated heterocycles. The number of hydrogen-bond acceptors (Lipinski definition) is 4. The first kappa shape index (κ1) is 19.3. The number of nitrogens with zero attached hydrogens (tertiary/aromatic N) is 3. The lowest BCUT2D eigenvalue weighted by Gasteiger charge is -2.32. The number of para-hydroxylation sites is 2. The number of aromatic nitrogens is 3. The van der Waals surface area contributed by atoms with Crippen LogP contribution < -0.4 is 10.1 Å². The molecule has 3 aromatic rings. The minimum Gasteiger partial charge on any atom is -0.495 e. The highest BCUT2D eigenvalue weighted by Crippen LogP contribution is 2.32.